The van der Waals surface area contributed by atoms with Gasteiger partial charge in [0.25, 0.3) is 0 Å². The molecule has 0 amide bonds. The van der Waals surface area contributed by atoms with E-state index < -0.39 is 0 Å². The van der Waals surface area contributed by atoms with E-state index in [9.17, 15) is 0 Å². The first kappa shape index (κ1) is 10.4. The van der Waals surface area contributed by atoms with Gasteiger partial charge in [0.05, 0.1) is 11.4 Å². The lowest BCUT2D eigenvalue weighted by atomic mass is 10.3. The van der Waals surface area contributed by atoms with Crippen LogP contribution in [0.5, 0.6) is 0 Å². The minimum atomic E-state index is 0.697. The first-order valence-corrected chi connectivity index (χ1v) is 5.08. The number of anilines is 3. The molecule has 0 spiro atoms. The number of nitrogens with two attached hydrogens (primary N) is 1. The smallest absolute Gasteiger partial charge is 0.131 e. The molecule has 16 heavy (non-hydrogen) atoms. The third kappa shape index (κ3) is 2.28. The van der Waals surface area contributed by atoms with Crippen molar-refractivity contribution in [3.8, 4) is 0 Å². The number of nitrogens with one attached hydrogen (secondary N) is 1. The number of nitrogens with zero attached hydrogens (tertiary/aromatic N) is 2. The molecule has 82 valence electrons. The van der Waals surface area contributed by atoms with Crippen LogP contribution in [0.2, 0.25) is 0 Å². The van der Waals surface area contributed by atoms with Crippen molar-refractivity contribution in [3.63, 3.8) is 0 Å². The first-order valence-electron chi connectivity index (χ1n) is 5.08. The molecule has 0 saturated carbocycles. The lowest BCUT2D eigenvalue weighted by Gasteiger charge is -2.07. The van der Waals surface area contributed by atoms with Gasteiger partial charge in [0.2, 0.25) is 0 Å². The zero-order chi connectivity index (χ0) is 11.5. The third-order valence-corrected chi connectivity index (χ3v) is 2.30. The summed E-state index contributed by atoms with van der Waals surface area (Å²) < 4.78 is 0. The Bertz CT molecular complexity index is 508. The van der Waals surface area contributed by atoms with Gasteiger partial charge in [0.15, 0.2) is 0 Å². The summed E-state index contributed by atoms with van der Waals surface area (Å²) in [5.74, 6) is 1.54. The molecule has 0 fully saturated rings. The number of hydrogen-bond donors (Lipinski definition) is 2. The molecule has 0 saturated heterocycles. The Labute approximate surface area is 94.5 Å². The van der Waals surface area contributed by atoms with Crippen LogP contribution < -0.4 is 11.1 Å². The summed E-state index contributed by atoms with van der Waals surface area (Å²) in [5, 5.41) is 3.14. The van der Waals surface area contributed by atoms with E-state index in [1.165, 1.54) is 0 Å². The second-order valence-corrected chi connectivity index (χ2v) is 3.71. The van der Waals surface area contributed by atoms with Crippen molar-refractivity contribution in [2.24, 2.45) is 0 Å². The highest BCUT2D eigenvalue weighted by molar-refractivity contribution is 5.56. The molecule has 2 rings (SSSR count). The normalized spacial score (nSPS) is 10.1. The summed E-state index contributed by atoms with van der Waals surface area (Å²) in [4.78, 5) is 8.53. The lowest BCUT2D eigenvalue weighted by Crippen LogP contribution is -1.99. The van der Waals surface area contributed by atoms with Crippen molar-refractivity contribution < 1.29 is 0 Å². The van der Waals surface area contributed by atoms with Crippen LogP contribution in [0, 0.1) is 13.8 Å². The van der Waals surface area contributed by atoms with Gasteiger partial charge >= 0.3 is 0 Å². The molecular formula is C12H14N4. The van der Waals surface area contributed by atoms with E-state index in [4.69, 9.17) is 5.73 Å². The van der Waals surface area contributed by atoms with Gasteiger partial charge in [0, 0.05) is 6.20 Å². The number of aryl methyl sites for hydroxylation is 2. The highest BCUT2D eigenvalue weighted by Gasteiger charge is 2.00. The highest BCUT2D eigenvalue weighted by Crippen LogP contribution is 2.16. The second-order valence-electron chi connectivity index (χ2n) is 3.71. The van der Waals surface area contributed by atoms with Gasteiger partial charge in [-0.1, -0.05) is 0 Å². The van der Waals surface area contributed by atoms with Crippen LogP contribution in [-0.2, 0) is 0 Å². The zero-order valence-corrected chi connectivity index (χ0v) is 9.36. The van der Waals surface area contributed by atoms with E-state index in [0.29, 0.717) is 5.69 Å². The van der Waals surface area contributed by atoms with E-state index in [1.54, 1.807) is 6.20 Å². The Balaban J connectivity index is 2.24. The maximum absolute atomic E-state index is 5.70. The molecule has 0 aliphatic heterocycles. The van der Waals surface area contributed by atoms with Gasteiger partial charge in [-0.05, 0) is 43.7 Å². The summed E-state index contributed by atoms with van der Waals surface area (Å²) >= 11 is 0. The van der Waals surface area contributed by atoms with Gasteiger partial charge in [-0.25, -0.2) is 9.97 Å². The second kappa shape index (κ2) is 4.18. The van der Waals surface area contributed by atoms with Crippen molar-refractivity contribution in [3.05, 3.63) is 41.7 Å². The van der Waals surface area contributed by atoms with Crippen molar-refractivity contribution in [2.75, 3.05) is 11.1 Å². The van der Waals surface area contributed by atoms with Gasteiger partial charge < -0.3 is 11.1 Å². The average Bonchev–Trinajstić information content (AvgIpc) is 2.24. The van der Waals surface area contributed by atoms with E-state index in [0.717, 1.165) is 22.9 Å². The molecule has 2 aromatic heterocycles. The minimum absolute atomic E-state index is 0.697. The predicted octanol–water partition coefficient (Wildman–Crippen LogP) is 2.42. The molecule has 2 aromatic rings. The van der Waals surface area contributed by atoms with E-state index in [-0.39, 0.29) is 0 Å². The molecule has 3 N–H and O–H groups in total. The Morgan fingerprint density at radius 1 is 1.12 bits per heavy atom. The van der Waals surface area contributed by atoms with Gasteiger partial charge in [0.1, 0.15) is 11.6 Å². The molecule has 0 bridgehead atoms. The topological polar surface area (TPSA) is 63.8 Å². The van der Waals surface area contributed by atoms with Crippen LogP contribution in [0.3, 0.4) is 0 Å². The van der Waals surface area contributed by atoms with Gasteiger partial charge in [-0.15, -0.1) is 0 Å². The molecule has 0 radical (unpaired) electrons. The van der Waals surface area contributed by atoms with Crippen LogP contribution >= 0.6 is 0 Å². The van der Waals surface area contributed by atoms with Crippen molar-refractivity contribution >= 4 is 17.3 Å². The van der Waals surface area contributed by atoms with Crippen LogP contribution in [0.25, 0.3) is 0 Å². The zero-order valence-electron chi connectivity index (χ0n) is 9.36. The molecule has 4 heteroatoms. The summed E-state index contributed by atoms with van der Waals surface area (Å²) in [7, 11) is 0. The fourth-order valence-corrected chi connectivity index (χ4v) is 1.38. The molecule has 4 nitrogen and oxygen atoms in total. The quantitative estimate of drug-likeness (QED) is 0.805. The minimum Gasteiger partial charge on any atom is -0.397 e. The first-order chi connectivity index (χ1) is 7.65. The SMILES string of the molecule is Cc1ccnc(Nc2ccc(N)c(C)n2)c1. The van der Waals surface area contributed by atoms with Crippen molar-refractivity contribution in [1.82, 2.24) is 9.97 Å². The molecular weight excluding hydrogens is 200 g/mol. The number of pyridine rings is 2. The average molecular weight is 214 g/mol. The Morgan fingerprint density at radius 3 is 2.62 bits per heavy atom. The number of aromatic nitrogens is 2. The summed E-state index contributed by atoms with van der Waals surface area (Å²) in [6.07, 6.45) is 1.77. The van der Waals surface area contributed by atoms with Crippen molar-refractivity contribution in [1.29, 1.82) is 0 Å². The molecule has 0 aliphatic rings. The van der Waals surface area contributed by atoms with Crippen LogP contribution in [0.15, 0.2) is 30.5 Å². The molecule has 0 aliphatic carbocycles. The number of rotatable bonds is 2. The largest absolute Gasteiger partial charge is 0.397 e. The summed E-state index contributed by atoms with van der Waals surface area (Å²) in [6.45, 7) is 3.90. The van der Waals surface area contributed by atoms with E-state index in [1.807, 2.05) is 38.1 Å². The third-order valence-electron chi connectivity index (χ3n) is 2.30. The van der Waals surface area contributed by atoms with Crippen LogP contribution in [0.1, 0.15) is 11.3 Å². The van der Waals surface area contributed by atoms with Gasteiger partial charge in [-0.3, -0.25) is 0 Å². The summed E-state index contributed by atoms with van der Waals surface area (Å²) in [6, 6.07) is 7.59. The number of nitrogen functional groups attached to an aromatic ring is 1. The maximum Gasteiger partial charge on any atom is 0.131 e. The fraction of sp³-hybridized carbons (Fsp3) is 0.167. The molecule has 0 aromatic carbocycles. The predicted molar refractivity (Wildman–Crippen MR) is 65.6 cm³/mol. The fourth-order valence-electron chi connectivity index (χ4n) is 1.38. The van der Waals surface area contributed by atoms with Gasteiger partial charge in [-0.2, -0.15) is 0 Å². The lowest BCUT2D eigenvalue weighted by molar-refractivity contribution is 1.18. The number of hydrogen-bond acceptors (Lipinski definition) is 4. The Hall–Kier alpha value is -2.10. The van der Waals surface area contributed by atoms with Crippen molar-refractivity contribution in [2.45, 2.75) is 13.8 Å². The Morgan fingerprint density at radius 2 is 1.94 bits per heavy atom. The Kier molecular flexibility index (Phi) is 2.72. The standard InChI is InChI=1S/C12H14N4/c1-8-5-6-14-12(7-8)16-11-4-3-10(13)9(2)15-11/h3-7H,13H2,1-2H3,(H,14,15,16). The van der Waals surface area contributed by atoms with E-state index >= 15 is 0 Å². The van der Waals surface area contributed by atoms with E-state index in [2.05, 4.69) is 15.3 Å². The molecule has 0 atom stereocenters. The van der Waals surface area contributed by atoms with Crippen LogP contribution in [0.4, 0.5) is 17.3 Å². The monoisotopic (exact) mass is 214 g/mol. The van der Waals surface area contributed by atoms with Crippen LogP contribution in [-0.4, -0.2) is 9.97 Å². The molecule has 0 unspecified atom stereocenters. The summed E-state index contributed by atoms with van der Waals surface area (Å²) in [5.41, 5.74) is 8.37. The molecule has 2 heterocycles. The highest BCUT2D eigenvalue weighted by atomic mass is 15.1. The maximum atomic E-state index is 5.70.